The van der Waals surface area contributed by atoms with Gasteiger partial charge in [0.1, 0.15) is 5.75 Å². The molecule has 6 nitrogen and oxygen atoms in total. The zero-order chi connectivity index (χ0) is 26.1. The Balaban J connectivity index is 1.42. The third-order valence-corrected chi connectivity index (χ3v) is 9.62. The number of rotatable bonds is 9. The van der Waals surface area contributed by atoms with Gasteiger partial charge in [0.2, 0.25) is 0 Å². The van der Waals surface area contributed by atoms with Gasteiger partial charge in [-0.1, -0.05) is 48.9 Å². The van der Waals surface area contributed by atoms with Gasteiger partial charge in [-0.2, -0.15) is 0 Å². The van der Waals surface area contributed by atoms with Gasteiger partial charge in [-0.05, 0) is 82.6 Å². The number of methoxy groups -OCH3 is 1. The Bertz CT molecular complexity index is 1090. The van der Waals surface area contributed by atoms with Crippen LogP contribution in [-0.2, 0) is 12.1 Å². The fourth-order valence-corrected chi connectivity index (χ4v) is 7.11. The van der Waals surface area contributed by atoms with E-state index in [0.717, 1.165) is 69.5 Å². The summed E-state index contributed by atoms with van der Waals surface area (Å²) in [6.07, 6.45) is 7.57. The lowest BCUT2D eigenvalue weighted by Crippen LogP contribution is -2.58. The maximum Gasteiger partial charge on any atom is 0.320 e. The number of amides is 2. The first kappa shape index (κ1) is 25.8. The van der Waals surface area contributed by atoms with Crippen molar-refractivity contribution in [3.05, 3.63) is 65.7 Å². The Labute approximate surface area is 222 Å². The monoisotopic (exact) mass is 502 g/mol. The van der Waals surface area contributed by atoms with Crippen LogP contribution >= 0.6 is 0 Å². The Morgan fingerprint density at radius 2 is 1.65 bits per heavy atom. The van der Waals surface area contributed by atoms with E-state index in [-0.39, 0.29) is 22.5 Å². The molecule has 0 radical (unpaired) electrons. The molecule has 1 spiro atoms. The van der Waals surface area contributed by atoms with Crippen LogP contribution in [0, 0.1) is 5.41 Å². The number of hydrogen-bond donors (Lipinski definition) is 0. The van der Waals surface area contributed by atoms with E-state index in [0.29, 0.717) is 6.54 Å². The van der Waals surface area contributed by atoms with Crippen molar-refractivity contribution in [3.8, 4) is 5.75 Å². The van der Waals surface area contributed by atoms with Gasteiger partial charge in [0.05, 0.1) is 12.6 Å². The normalized spacial score (nSPS) is 27.0. The van der Waals surface area contributed by atoms with Crippen LogP contribution in [0.15, 0.2) is 59.6 Å². The first-order valence-corrected chi connectivity index (χ1v) is 13.7. The van der Waals surface area contributed by atoms with Gasteiger partial charge in [-0.25, -0.2) is 4.79 Å². The smallest absolute Gasteiger partial charge is 0.320 e. The summed E-state index contributed by atoms with van der Waals surface area (Å²) in [6.45, 7) is 6.76. The number of carbonyl (C=O) groups excluding carboxylic acids is 1. The molecule has 0 bridgehead atoms. The lowest BCUT2D eigenvalue weighted by atomic mass is 9.65. The van der Waals surface area contributed by atoms with Crippen molar-refractivity contribution in [1.82, 2.24) is 14.7 Å². The van der Waals surface area contributed by atoms with E-state index < -0.39 is 0 Å². The topological polar surface area (TPSA) is 48.4 Å². The van der Waals surface area contributed by atoms with Crippen LogP contribution in [0.2, 0.25) is 0 Å². The Kier molecular flexibility index (Phi) is 7.06. The fourth-order valence-electron chi connectivity index (χ4n) is 7.11. The second kappa shape index (κ2) is 10.1. The predicted molar refractivity (Wildman–Crippen MR) is 149 cm³/mol. The Hall–Kier alpha value is -2.86. The molecule has 2 aliphatic carbocycles. The van der Waals surface area contributed by atoms with Crippen molar-refractivity contribution in [2.75, 3.05) is 40.8 Å². The summed E-state index contributed by atoms with van der Waals surface area (Å²) in [5, 5.41) is 0. The molecule has 6 heteroatoms. The number of nitrogens with zero attached hydrogens (tertiary/aromatic N) is 4. The second-order valence-corrected chi connectivity index (χ2v) is 11.8. The van der Waals surface area contributed by atoms with E-state index in [1.807, 2.05) is 12.1 Å². The molecule has 2 aromatic rings. The largest absolute Gasteiger partial charge is 0.497 e. The van der Waals surface area contributed by atoms with Crippen LogP contribution in [0.4, 0.5) is 4.79 Å². The molecule has 0 unspecified atom stereocenters. The van der Waals surface area contributed by atoms with Gasteiger partial charge < -0.3 is 19.5 Å². The van der Waals surface area contributed by atoms with E-state index in [1.165, 1.54) is 12.0 Å². The molecule has 0 N–H and O–H groups in total. The van der Waals surface area contributed by atoms with Gasteiger partial charge in [0.25, 0.3) is 0 Å². The third-order valence-electron chi connectivity index (χ3n) is 9.62. The molecule has 5 rings (SSSR count). The third kappa shape index (κ3) is 4.65. The lowest BCUT2D eigenvalue weighted by molar-refractivity contribution is -0.00271. The van der Waals surface area contributed by atoms with E-state index in [1.54, 1.807) is 7.11 Å². The summed E-state index contributed by atoms with van der Waals surface area (Å²) in [5.74, 6) is 0.840. The van der Waals surface area contributed by atoms with Gasteiger partial charge in [-0.15, -0.1) is 0 Å². The standard InChI is InChI=1S/C31H42N4O2/c1-32-22-29(15-8-16-29)23-35-28(36)34(21-25-11-13-27(37-4)14-12-25)24-30(35)17-19-31(20-18-30,33(2)3)26-9-6-5-7-10-26/h5-7,9-14H,1,8,15-24H2,2-4H3. The fraction of sp³-hybridized carbons (Fsp3) is 0.548. The van der Waals surface area contributed by atoms with Crippen LogP contribution in [0.1, 0.15) is 56.1 Å². The second-order valence-electron chi connectivity index (χ2n) is 11.8. The quantitative estimate of drug-likeness (QED) is 0.421. The highest BCUT2D eigenvalue weighted by molar-refractivity contribution is 5.78. The summed E-state index contributed by atoms with van der Waals surface area (Å²) in [4.78, 5) is 25.1. The summed E-state index contributed by atoms with van der Waals surface area (Å²) >= 11 is 0. The summed E-state index contributed by atoms with van der Waals surface area (Å²) in [5.41, 5.74) is 2.48. The van der Waals surface area contributed by atoms with E-state index >= 15 is 0 Å². The SMILES string of the molecule is C=NCC1(CN2C(=O)N(Cc3ccc(OC)cc3)CC23CCC(c2ccccc2)(N(C)C)CC3)CCC1. The highest BCUT2D eigenvalue weighted by Crippen LogP contribution is 2.51. The number of aliphatic imine (C=N–C) groups is 1. The first-order chi connectivity index (χ1) is 17.9. The minimum absolute atomic E-state index is 0.00145. The van der Waals surface area contributed by atoms with Crippen LogP contribution in [-0.4, -0.2) is 73.8 Å². The molecule has 37 heavy (non-hydrogen) atoms. The van der Waals surface area contributed by atoms with E-state index in [4.69, 9.17) is 4.74 Å². The summed E-state index contributed by atoms with van der Waals surface area (Å²) in [6, 6.07) is 19.2. The molecular formula is C31H42N4O2. The average Bonchev–Trinajstić information content (AvgIpc) is 3.14. The lowest BCUT2D eigenvalue weighted by Gasteiger charge is -2.53. The van der Waals surface area contributed by atoms with Crippen molar-refractivity contribution in [3.63, 3.8) is 0 Å². The molecule has 3 aliphatic rings. The van der Waals surface area contributed by atoms with Crippen LogP contribution < -0.4 is 4.74 Å². The van der Waals surface area contributed by atoms with E-state index in [9.17, 15) is 4.79 Å². The highest BCUT2D eigenvalue weighted by atomic mass is 16.5. The maximum absolute atomic E-state index is 14.1. The molecule has 3 fully saturated rings. The molecule has 1 aliphatic heterocycles. The van der Waals surface area contributed by atoms with Gasteiger partial charge in [0.15, 0.2) is 0 Å². The van der Waals surface area contributed by atoms with Gasteiger partial charge in [-0.3, -0.25) is 4.90 Å². The minimum atomic E-state index is -0.137. The van der Waals surface area contributed by atoms with Gasteiger partial charge in [0, 0.05) is 37.1 Å². The molecule has 0 aromatic heterocycles. The van der Waals surface area contributed by atoms with Gasteiger partial charge >= 0.3 is 6.03 Å². The molecule has 1 heterocycles. The first-order valence-electron chi connectivity index (χ1n) is 13.7. The number of ether oxygens (including phenoxy) is 1. The molecule has 198 valence electrons. The molecule has 2 aromatic carbocycles. The molecule has 2 amide bonds. The highest BCUT2D eigenvalue weighted by Gasteiger charge is 2.56. The number of urea groups is 1. The summed E-state index contributed by atoms with van der Waals surface area (Å²) < 4.78 is 5.33. The summed E-state index contributed by atoms with van der Waals surface area (Å²) in [7, 11) is 6.09. The average molecular weight is 503 g/mol. The van der Waals surface area contributed by atoms with Crippen LogP contribution in [0.25, 0.3) is 0 Å². The maximum atomic E-state index is 14.1. The number of hydrogen-bond acceptors (Lipinski definition) is 4. The minimum Gasteiger partial charge on any atom is -0.497 e. The van der Waals surface area contributed by atoms with Crippen molar-refractivity contribution < 1.29 is 9.53 Å². The van der Waals surface area contributed by atoms with Crippen molar-refractivity contribution in [2.45, 2.75) is 62.6 Å². The van der Waals surface area contributed by atoms with Crippen LogP contribution in [0.5, 0.6) is 5.75 Å². The van der Waals surface area contributed by atoms with Crippen molar-refractivity contribution >= 4 is 12.7 Å². The van der Waals surface area contributed by atoms with Crippen LogP contribution in [0.3, 0.4) is 0 Å². The zero-order valence-corrected chi connectivity index (χ0v) is 22.8. The predicted octanol–water partition coefficient (Wildman–Crippen LogP) is 5.57. The zero-order valence-electron chi connectivity index (χ0n) is 22.8. The Morgan fingerprint density at radius 1 is 0.973 bits per heavy atom. The molecule has 2 saturated carbocycles. The molecular weight excluding hydrogens is 460 g/mol. The molecule has 1 saturated heterocycles. The van der Waals surface area contributed by atoms with E-state index in [2.05, 4.69) is 83.0 Å². The van der Waals surface area contributed by atoms with Crippen molar-refractivity contribution in [2.24, 2.45) is 10.4 Å². The number of benzene rings is 2. The number of carbonyl (C=O) groups is 1. The Morgan fingerprint density at radius 3 is 2.19 bits per heavy atom. The molecule has 0 atom stereocenters. The van der Waals surface area contributed by atoms with Crippen molar-refractivity contribution in [1.29, 1.82) is 0 Å².